The Morgan fingerprint density at radius 2 is 2.16 bits per heavy atom. The van der Waals surface area contributed by atoms with Crippen LogP contribution in [0.15, 0.2) is 18.2 Å². The summed E-state index contributed by atoms with van der Waals surface area (Å²) in [5.74, 6) is -2.10. The molecule has 0 unspecified atom stereocenters. The zero-order valence-corrected chi connectivity index (χ0v) is 10.6. The maximum Gasteiger partial charge on any atom is 0.246 e. The number of ether oxygens (including phenoxy) is 1. The van der Waals surface area contributed by atoms with Crippen molar-refractivity contribution < 1.29 is 18.3 Å². The molecule has 1 saturated heterocycles. The normalized spacial score (nSPS) is 16.8. The molecule has 0 bridgehead atoms. The van der Waals surface area contributed by atoms with E-state index >= 15 is 0 Å². The molecule has 1 fully saturated rings. The van der Waals surface area contributed by atoms with Gasteiger partial charge in [-0.1, -0.05) is 6.07 Å². The fraction of sp³-hybridized carbons (Fsp3) is 0.462. The van der Waals surface area contributed by atoms with Gasteiger partial charge in [0.1, 0.15) is 6.61 Å². The van der Waals surface area contributed by atoms with Gasteiger partial charge in [0.25, 0.3) is 0 Å². The first-order valence-corrected chi connectivity index (χ1v) is 6.04. The van der Waals surface area contributed by atoms with Crippen molar-refractivity contribution in [3.8, 4) is 0 Å². The molecule has 1 heterocycles. The third-order valence-electron chi connectivity index (χ3n) is 3.02. The summed E-state index contributed by atoms with van der Waals surface area (Å²) < 4.78 is 31.1. The van der Waals surface area contributed by atoms with E-state index in [9.17, 15) is 13.6 Å². The molecule has 1 amide bonds. The third-order valence-corrected chi connectivity index (χ3v) is 3.02. The lowest BCUT2D eigenvalue weighted by atomic mass is 10.0. The van der Waals surface area contributed by atoms with Gasteiger partial charge in [-0.3, -0.25) is 4.79 Å². The third kappa shape index (κ3) is 3.71. The van der Waals surface area contributed by atoms with E-state index in [0.717, 1.165) is 25.2 Å². The fourth-order valence-electron chi connectivity index (χ4n) is 1.72. The van der Waals surface area contributed by atoms with Gasteiger partial charge in [0.2, 0.25) is 5.91 Å². The number of hydrogen-bond donors (Lipinski definition) is 2. The highest BCUT2D eigenvalue weighted by molar-refractivity contribution is 5.77. The van der Waals surface area contributed by atoms with E-state index in [1.165, 1.54) is 6.07 Å². The number of hydrogen-bond acceptors (Lipinski definition) is 3. The van der Waals surface area contributed by atoms with Crippen LogP contribution in [0, 0.1) is 11.6 Å². The second kappa shape index (κ2) is 5.63. The molecule has 104 valence electrons. The summed E-state index contributed by atoms with van der Waals surface area (Å²) in [6.45, 7) is 3.48. The largest absolute Gasteiger partial charge is 0.363 e. The van der Waals surface area contributed by atoms with Crippen molar-refractivity contribution in [3.05, 3.63) is 35.4 Å². The SMILES string of the molecule is CC1(OCC(=O)NCc2ccc(F)c(F)c2)CNC1. The lowest BCUT2D eigenvalue weighted by Gasteiger charge is -2.38. The topological polar surface area (TPSA) is 50.4 Å². The first kappa shape index (κ1) is 13.9. The average Bonchev–Trinajstić information content (AvgIpc) is 2.35. The number of amides is 1. The van der Waals surface area contributed by atoms with Crippen LogP contribution in [0.2, 0.25) is 0 Å². The van der Waals surface area contributed by atoms with Gasteiger partial charge < -0.3 is 15.4 Å². The van der Waals surface area contributed by atoms with E-state index < -0.39 is 11.6 Å². The molecular weight excluding hydrogens is 254 g/mol. The molecule has 0 atom stereocenters. The Morgan fingerprint density at radius 1 is 1.42 bits per heavy atom. The average molecular weight is 270 g/mol. The molecule has 4 nitrogen and oxygen atoms in total. The molecule has 0 aromatic heterocycles. The number of rotatable bonds is 5. The van der Waals surface area contributed by atoms with Crippen LogP contribution < -0.4 is 10.6 Å². The van der Waals surface area contributed by atoms with Crippen molar-refractivity contribution in [2.45, 2.75) is 19.1 Å². The Balaban J connectivity index is 1.75. The molecule has 0 radical (unpaired) electrons. The molecule has 1 aromatic rings. The Morgan fingerprint density at radius 3 is 2.74 bits per heavy atom. The molecule has 1 aliphatic rings. The number of nitrogens with one attached hydrogen (secondary N) is 2. The minimum absolute atomic E-state index is 0.0398. The molecule has 0 spiro atoms. The summed E-state index contributed by atoms with van der Waals surface area (Å²) in [6.07, 6.45) is 0. The second-order valence-electron chi connectivity index (χ2n) is 4.87. The monoisotopic (exact) mass is 270 g/mol. The van der Waals surface area contributed by atoms with E-state index in [1.807, 2.05) is 6.92 Å². The molecule has 2 rings (SSSR count). The molecule has 1 aliphatic heterocycles. The zero-order valence-electron chi connectivity index (χ0n) is 10.6. The van der Waals surface area contributed by atoms with Crippen LogP contribution in [0.5, 0.6) is 0 Å². The molecule has 2 N–H and O–H groups in total. The van der Waals surface area contributed by atoms with Crippen LogP contribution in [0.4, 0.5) is 8.78 Å². The maximum absolute atomic E-state index is 12.9. The standard InChI is InChI=1S/C13H16F2N2O2/c1-13(7-16-8-13)19-6-12(18)17-5-9-2-3-10(14)11(15)4-9/h2-4,16H,5-8H2,1H3,(H,17,18). The van der Waals surface area contributed by atoms with Gasteiger partial charge in [0, 0.05) is 19.6 Å². The second-order valence-corrected chi connectivity index (χ2v) is 4.87. The molecular formula is C13H16F2N2O2. The zero-order chi connectivity index (χ0) is 13.9. The predicted octanol–water partition coefficient (Wildman–Crippen LogP) is 0.959. The quantitative estimate of drug-likeness (QED) is 0.838. The minimum atomic E-state index is -0.920. The fourth-order valence-corrected chi connectivity index (χ4v) is 1.72. The van der Waals surface area contributed by atoms with Gasteiger partial charge in [-0.05, 0) is 24.6 Å². The van der Waals surface area contributed by atoms with Crippen LogP contribution in [0.3, 0.4) is 0 Å². The van der Waals surface area contributed by atoms with Gasteiger partial charge in [0.15, 0.2) is 11.6 Å². The van der Waals surface area contributed by atoms with Gasteiger partial charge in [-0.2, -0.15) is 0 Å². The van der Waals surface area contributed by atoms with Gasteiger partial charge in [-0.25, -0.2) is 8.78 Å². The van der Waals surface area contributed by atoms with Crippen molar-refractivity contribution in [3.63, 3.8) is 0 Å². The number of carbonyl (C=O) groups is 1. The number of halogens is 2. The Hall–Kier alpha value is -1.53. The molecule has 0 aliphatic carbocycles. The molecule has 1 aromatic carbocycles. The smallest absolute Gasteiger partial charge is 0.246 e. The first-order chi connectivity index (χ1) is 8.98. The predicted molar refractivity (Wildman–Crippen MR) is 65.4 cm³/mol. The van der Waals surface area contributed by atoms with E-state index in [2.05, 4.69) is 10.6 Å². The van der Waals surface area contributed by atoms with Crippen LogP contribution in [0.1, 0.15) is 12.5 Å². The summed E-state index contributed by atoms with van der Waals surface area (Å²) in [6, 6.07) is 3.53. The highest BCUT2D eigenvalue weighted by Gasteiger charge is 2.32. The van der Waals surface area contributed by atoms with Gasteiger partial charge in [0.05, 0.1) is 5.60 Å². The van der Waals surface area contributed by atoms with E-state index in [0.29, 0.717) is 5.56 Å². The van der Waals surface area contributed by atoms with E-state index in [4.69, 9.17) is 4.74 Å². The first-order valence-electron chi connectivity index (χ1n) is 6.04. The Bertz CT molecular complexity index is 476. The summed E-state index contributed by atoms with van der Waals surface area (Å²) in [5.41, 5.74) is 0.225. The number of carbonyl (C=O) groups excluding carboxylic acids is 1. The maximum atomic E-state index is 12.9. The summed E-state index contributed by atoms with van der Waals surface area (Å²) in [7, 11) is 0. The van der Waals surface area contributed by atoms with Crippen molar-refractivity contribution in [2.75, 3.05) is 19.7 Å². The van der Waals surface area contributed by atoms with Crippen LogP contribution in [-0.2, 0) is 16.1 Å². The highest BCUT2D eigenvalue weighted by Crippen LogP contribution is 2.14. The van der Waals surface area contributed by atoms with Crippen molar-refractivity contribution in [1.82, 2.24) is 10.6 Å². The number of benzene rings is 1. The lowest BCUT2D eigenvalue weighted by molar-refractivity contribution is -0.136. The van der Waals surface area contributed by atoms with Crippen molar-refractivity contribution in [2.24, 2.45) is 0 Å². The summed E-state index contributed by atoms with van der Waals surface area (Å²) in [5, 5.41) is 5.65. The summed E-state index contributed by atoms with van der Waals surface area (Å²) >= 11 is 0. The van der Waals surface area contributed by atoms with E-state index in [-0.39, 0.29) is 24.7 Å². The van der Waals surface area contributed by atoms with Crippen molar-refractivity contribution in [1.29, 1.82) is 0 Å². The van der Waals surface area contributed by atoms with Crippen LogP contribution in [-0.4, -0.2) is 31.2 Å². The molecule has 0 saturated carbocycles. The lowest BCUT2D eigenvalue weighted by Crippen LogP contribution is -2.59. The molecule has 19 heavy (non-hydrogen) atoms. The van der Waals surface area contributed by atoms with Gasteiger partial charge in [-0.15, -0.1) is 0 Å². The van der Waals surface area contributed by atoms with Gasteiger partial charge >= 0.3 is 0 Å². The van der Waals surface area contributed by atoms with Crippen molar-refractivity contribution >= 4 is 5.91 Å². The van der Waals surface area contributed by atoms with E-state index in [1.54, 1.807) is 0 Å². The van der Waals surface area contributed by atoms with Crippen LogP contribution in [0.25, 0.3) is 0 Å². The highest BCUT2D eigenvalue weighted by atomic mass is 19.2. The van der Waals surface area contributed by atoms with Crippen LogP contribution >= 0.6 is 0 Å². The summed E-state index contributed by atoms with van der Waals surface area (Å²) in [4.78, 5) is 11.5. The minimum Gasteiger partial charge on any atom is -0.363 e. The Labute approximate surface area is 110 Å². The molecule has 6 heteroatoms. The Kier molecular flexibility index (Phi) is 4.11.